The molecular formula is C17H26FN3O. The molecule has 0 radical (unpaired) electrons. The molecule has 2 aliphatic heterocycles. The van der Waals surface area contributed by atoms with Gasteiger partial charge in [0, 0.05) is 57.7 Å². The lowest BCUT2D eigenvalue weighted by molar-refractivity contribution is -0.0375. The van der Waals surface area contributed by atoms with Gasteiger partial charge in [-0.1, -0.05) is 0 Å². The Morgan fingerprint density at radius 2 is 1.95 bits per heavy atom. The molecule has 0 N–H and O–H groups in total. The minimum Gasteiger partial charge on any atom is -0.381 e. The van der Waals surface area contributed by atoms with Gasteiger partial charge in [-0.25, -0.2) is 4.39 Å². The molecule has 0 aromatic carbocycles. The predicted octanol–water partition coefficient (Wildman–Crippen LogP) is 1.95. The van der Waals surface area contributed by atoms with Crippen LogP contribution in [0.3, 0.4) is 0 Å². The van der Waals surface area contributed by atoms with Gasteiger partial charge in [0.1, 0.15) is 5.82 Å². The number of piperazine rings is 1. The molecule has 0 spiro atoms. The molecule has 0 bridgehead atoms. The van der Waals surface area contributed by atoms with Crippen LogP contribution >= 0.6 is 0 Å². The number of hydrogen-bond acceptors (Lipinski definition) is 4. The summed E-state index contributed by atoms with van der Waals surface area (Å²) in [6, 6.07) is 1.79. The average molecular weight is 307 g/mol. The van der Waals surface area contributed by atoms with Crippen LogP contribution in [0.4, 0.5) is 4.39 Å². The fraction of sp³-hybridized carbons (Fsp3) is 0.706. The van der Waals surface area contributed by atoms with Crippen molar-refractivity contribution in [2.45, 2.75) is 31.7 Å². The molecule has 0 aliphatic carbocycles. The van der Waals surface area contributed by atoms with Crippen molar-refractivity contribution in [2.75, 3.05) is 45.9 Å². The van der Waals surface area contributed by atoms with Crippen LogP contribution in [0.1, 0.15) is 25.3 Å². The van der Waals surface area contributed by atoms with Gasteiger partial charge < -0.3 is 9.64 Å². The summed E-state index contributed by atoms with van der Waals surface area (Å²) in [6.45, 7) is 9.43. The summed E-state index contributed by atoms with van der Waals surface area (Å²) in [5.74, 6) is -0.184. The summed E-state index contributed by atoms with van der Waals surface area (Å²) in [4.78, 5) is 8.87. The van der Waals surface area contributed by atoms with Gasteiger partial charge in [0.15, 0.2) is 0 Å². The molecule has 2 fully saturated rings. The van der Waals surface area contributed by atoms with Gasteiger partial charge in [-0.15, -0.1) is 0 Å². The van der Waals surface area contributed by atoms with E-state index in [4.69, 9.17) is 4.74 Å². The van der Waals surface area contributed by atoms with E-state index in [0.717, 1.165) is 70.8 Å². The third-order valence-corrected chi connectivity index (χ3v) is 5.26. The van der Waals surface area contributed by atoms with Crippen molar-refractivity contribution in [1.29, 1.82) is 0 Å². The van der Waals surface area contributed by atoms with Gasteiger partial charge in [0.2, 0.25) is 0 Å². The maximum Gasteiger partial charge on any atom is 0.144 e. The van der Waals surface area contributed by atoms with Crippen LogP contribution in [0, 0.1) is 5.82 Å². The summed E-state index contributed by atoms with van der Waals surface area (Å²) in [5, 5.41) is 0. The maximum absolute atomic E-state index is 13.6. The second-order valence-corrected chi connectivity index (χ2v) is 6.66. The van der Waals surface area contributed by atoms with Crippen LogP contribution < -0.4 is 0 Å². The van der Waals surface area contributed by atoms with Crippen molar-refractivity contribution in [3.63, 3.8) is 0 Å². The van der Waals surface area contributed by atoms with E-state index in [2.05, 4.69) is 21.7 Å². The van der Waals surface area contributed by atoms with Crippen molar-refractivity contribution in [3.05, 3.63) is 29.8 Å². The predicted molar refractivity (Wildman–Crippen MR) is 84.4 cm³/mol. The highest BCUT2D eigenvalue weighted by atomic mass is 19.1. The Bertz CT molecular complexity index is 483. The lowest BCUT2D eigenvalue weighted by Crippen LogP contribution is -2.57. The summed E-state index contributed by atoms with van der Waals surface area (Å²) >= 11 is 0. The average Bonchev–Trinajstić information content (AvgIpc) is 2.55. The molecule has 2 aliphatic rings. The standard InChI is InChI=1S/C17H26FN3O/c1-17(4-12-22-13-5-17)21-10-8-20(9-11-21)7-3-15-2-6-19-14-16(15)18/h2,6,14H,3-5,7-13H2,1H3. The quantitative estimate of drug-likeness (QED) is 0.850. The normalized spacial score (nSPS) is 23.5. The zero-order valence-electron chi connectivity index (χ0n) is 13.4. The molecule has 0 atom stereocenters. The summed E-state index contributed by atoms with van der Waals surface area (Å²) in [5.41, 5.74) is 1.08. The first-order valence-electron chi connectivity index (χ1n) is 8.31. The third-order valence-electron chi connectivity index (χ3n) is 5.26. The number of ether oxygens (including phenoxy) is 1. The highest BCUT2D eigenvalue weighted by Gasteiger charge is 2.35. The number of nitrogens with zero attached hydrogens (tertiary/aromatic N) is 3. The molecule has 22 heavy (non-hydrogen) atoms. The Balaban J connectivity index is 1.47. The highest BCUT2D eigenvalue weighted by molar-refractivity contribution is 5.12. The van der Waals surface area contributed by atoms with E-state index in [1.807, 2.05) is 0 Å². The molecule has 1 aromatic rings. The Morgan fingerprint density at radius 1 is 1.23 bits per heavy atom. The molecule has 4 nitrogen and oxygen atoms in total. The van der Waals surface area contributed by atoms with Gasteiger partial charge in [0.05, 0.1) is 6.20 Å². The lowest BCUT2D eigenvalue weighted by atomic mass is 9.89. The largest absolute Gasteiger partial charge is 0.381 e. The zero-order chi connectivity index (χ0) is 15.4. The number of hydrogen-bond donors (Lipinski definition) is 0. The van der Waals surface area contributed by atoms with Gasteiger partial charge in [0.25, 0.3) is 0 Å². The van der Waals surface area contributed by atoms with Crippen molar-refractivity contribution < 1.29 is 9.13 Å². The fourth-order valence-electron chi connectivity index (χ4n) is 3.52. The minimum absolute atomic E-state index is 0.184. The molecule has 0 amide bonds. The van der Waals surface area contributed by atoms with Crippen molar-refractivity contribution >= 4 is 0 Å². The van der Waals surface area contributed by atoms with Crippen LogP contribution in [-0.4, -0.2) is 66.3 Å². The first-order valence-corrected chi connectivity index (χ1v) is 8.31. The molecule has 122 valence electrons. The Hall–Kier alpha value is -1.04. The van der Waals surface area contributed by atoms with Gasteiger partial charge in [-0.05, 0) is 37.8 Å². The van der Waals surface area contributed by atoms with E-state index < -0.39 is 0 Å². The topological polar surface area (TPSA) is 28.6 Å². The number of halogens is 1. The van der Waals surface area contributed by atoms with E-state index in [1.165, 1.54) is 6.20 Å². The number of rotatable bonds is 4. The molecule has 5 heteroatoms. The molecule has 3 heterocycles. The van der Waals surface area contributed by atoms with Crippen LogP contribution in [0.15, 0.2) is 18.5 Å². The van der Waals surface area contributed by atoms with E-state index in [0.29, 0.717) is 5.54 Å². The Kier molecular flexibility index (Phi) is 5.06. The second kappa shape index (κ2) is 7.02. The van der Waals surface area contributed by atoms with Gasteiger partial charge in [-0.2, -0.15) is 0 Å². The van der Waals surface area contributed by atoms with Gasteiger partial charge >= 0.3 is 0 Å². The van der Waals surface area contributed by atoms with Crippen LogP contribution in [0.25, 0.3) is 0 Å². The van der Waals surface area contributed by atoms with Crippen molar-refractivity contribution in [1.82, 2.24) is 14.8 Å². The van der Waals surface area contributed by atoms with Crippen LogP contribution in [0.5, 0.6) is 0 Å². The first-order chi connectivity index (χ1) is 10.7. The Morgan fingerprint density at radius 3 is 2.64 bits per heavy atom. The minimum atomic E-state index is -0.184. The third kappa shape index (κ3) is 3.65. The van der Waals surface area contributed by atoms with E-state index in [9.17, 15) is 4.39 Å². The highest BCUT2D eigenvalue weighted by Crippen LogP contribution is 2.28. The molecule has 0 saturated carbocycles. The van der Waals surface area contributed by atoms with Crippen LogP contribution in [0.2, 0.25) is 0 Å². The second-order valence-electron chi connectivity index (χ2n) is 6.66. The lowest BCUT2D eigenvalue weighted by Gasteiger charge is -2.47. The van der Waals surface area contributed by atoms with E-state index in [1.54, 1.807) is 12.3 Å². The molecule has 0 unspecified atom stereocenters. The van der Waals surface area contributed by atoms with E-state index in [-0.39, 0.29) is 5.82 Å². The monoisotopic (exact) mass is 307 g/mol. The summed E-state index contributed by atoms with van der Waals surface area (Å²) in [7, 11) is 0. The van der Waals surface area contributed by atoms with Crippen LogP contribution in [-0.2, 0) is 11.2 Å². The Labute approximate surface area is 132 Å². The smallest absolute Gasteiger partial charge is 0.144 e. The summed E-state index contributed by atoms with van der Waals surface area (Å²) in [6.07, 6.45) is 6.01. The summed E-state index contributed by atoms with van der Waals surface area (Å²) < 4.78 is 19.1. The molecule has 1 aromatic heterocycles. The van der Waals surface area contributed by atoms with Gasteiger partial charge in [-0.3, -0.25) is 9.88 Å². The number of pyridine rings is 1. The van der Waals surface area contributed by atoms with E-state index >= 15 is 0 Å². The first kappa shape index (κ1) is 15.8. The maximum atomic E-state index is 13.6. The zero-order valence-corrected chi connectivity index (χ0v) is 13.4. The van der Waals surface area contributed by atoms with Crippen molar-refractivity contribution in [3.8, 4) is 0 Å². The SMILES string of the molecule is CC1(N2CCN(CCc3ccncc3F)CC2)CCOCC1. The number of aromatic nitrogens is 1. The molecular weight excluding hydrogens is 281 g/mol. The van der Waals surface area contributed by atoms with Crippen molar-refractivity contribution in [2.24, 2.45) is 0 Å². The fourth-order valence-corrected chi connectivity index (χ4v) is 3.52. The molecule has 3 rings (SSSR count). The molecule has 2 saturated heterocycles.